The highest BCUT2D eigenvalue weighted by molar-refractivity contribution is 6.30. The first kappa shape index (κ1) is 17.2. The van der Waals surface area contributed by atoms with Gasteiger partial charge in [0.15, 0.2) is 0 Å². The molecule has 2 aromatic carbocycles. The number of ether oxygens (including phenoxy) is 1. The van der Waals surface area contributed by atoms with E-state index in [0.717, 1.165) is 23.4 Å². The third kappa shape index (κ3) is 5.49. The fraction of sp³-hybridized carbons (Fsp3) is 0.278. The number of anilines is 1. The van der Waals surface area contributed by atoms with E-state index < -0.39 is 0 Å². The number of halogens is 1. The third-order valence-electron chi connectivity index (χ3n) is 3.42. The van der Waals surface area contributed by atoms with E-state index in [2.05, 4.69) is 17.6 Å². The predicted molar refractivity (Wildman–Crippen MR) is 94.5 cm³/mol. The molecule has 0 radical (unpaired) electrons. The van der Waals surface area contributed by atoms with E-state index in [1.54, 1.807) is 18.2 Å². The summed E-state index contributed by atoms with van der Waals surface area (Å²) >= 11 is 5.89. The molecular formula is C18H21ClN2O2. The van der Waals surface area contributed by atoms with Crippen molar-refractivity contribution in [2.45, 2.75) is 20.3 Å². The monoisotopic (exact) mass is 332 g/mol. The summed E-state index contributed by atoms with van der Waals surface area (Å²) in [6.07, 6.45) is 1.01. The first-order valence-electron chi connectivity index (χ1n) is 7.61. The Labute approximate surface area is 141 Å². The van der Waals surface area contributed by atoms with Crippen LogP contribution in [-0.2, 0) is 6.42 Å². The number of hydrogen-bond donors (Lipinski definition) is 2. The Morgan fingerprint density at radius 2 is 1.91 bits per heavy atom. The van der Waals surface area contributed by atoms with Crippen LogP contribution < -0.4 is 15.4 Å². The summed E-state index contributed by atoms with van der Waals surface area (Å²) in [6.45, 7) is 4.85. The topological polar surface area (TPSA) is 50.4 Å². The Kier molecular flexibility index (Phi) is 6.29. The van der Waals surface area contributed by atoms with Gasteiger partial charge in [0.1, 0.15) is 12.4 Å². The van der Waals surface area contributed by atoms with E-state index in [4.69, 9.17) is 16.3 Å². The highest BCUT2D eigenvalue weighted by Gasteiger charge is 2.04. The second-order valence-electron chi connectivity index (χ2n) is 5.19. The minimum absolute atomic E-state index is 0.264. The third-order valence-corrected chi connectivity index (χ3v) is 3.66. The van der Waals surface area contributed by atoms with Crippen LogP contribution in [0.5, 0.6) is 5.75 Å². The van der Waals surface area contributed by atoms with Crippen LogP contribution >= 0.6 is 11.6 Å². The van der Waals surface area contributed by atoms with Crippen LogP contribution in [0.25, 0.3) is 0 Å². The van der Waals surface area contributed by atoms with Gasteiger partial charge in [-0.05, 0) is 54.8 Å². The molecule has 0 unspecified atom stereocenters. The molecule has 0 aromatic heterocycles. The molecule has 0 saturated heterocycles. The largest absolute Gasteiger partial charge is 0.492 e. The van der Waals surface area contributed by atoms with E-state index >= 15 is 0 Å². The molecule has 2 aromatic rings. The molecule has 23 heavy (non-hydrogen) atoms. The number of urea groups is 1. The maximum Gasteiger partial charge on any atom is 0.319 e. The van der Waals surface area contributed by atoms with E-state index in [1.807, 2.05) is 31.2 Å². The summed E-state index contributed by atoms with van der Waals surface area (Å²) in [5.74, 6) is 0.804. The highest BCUT2D eigenvalue weighted by Crippen LogP contribution is 2.19. The molecule has 0 atom stereocenters. The van der Waals surface area contributed by atoms with Gasteiger partial charge in [-0.3, -0.25) is 0 Å². The molecular weight excluding hydrogens is 312 g/mol. The number of carbonyl (C=O) groups excluding carboxylic acids is 1. The smallest absolute Gasteiger partial charge is 0.319 e. The second kappa shape index (κ2) is 8.44. The first-order chi connectivity index (χ1) is 11.1. The number of carbonyl (C=O) groups is 1. The van der Waals surface area contributed by atoms with Gasteiger partial charge in [0.2, 0.25) is 0 Å². The van der Waals surface area contributed by atoms with Gasteiger partial charge in [-0.1, -0.05) is 30.7 Å². The number of amides is 2. The van der Waals surface area contributed by atoms with Crippen molar-refractivity contribution in [1.29, 1.82) is 0 Å². The number of benzene rings is 2. The minimum atomic E-state index is -0.264. The molecule has 2 N–H and O–H groups in total. The van der Waals surface area contributed by atoms with Crippen molar-refractivity contribution < 1.29 is 9.53 Å². The highest BCUT2D eigenvalue weighted by atomic mass is 35.5. The van der Waals surface area contributed by atoms with Crippen LogP contribution in [0.15, 0.2) is 42.5 Å². The molecule has 0 spiro atoms. The van der Waals surface area contributed by atoms with E-state index in [1.165, 1.54) is 5.56 Å². The van der Waals surface area contributed by atoms with E-state index in [0.29, 0.717) is 18.2 Å². The SMILES string of the molecule is CCc1ccc(OCCNC(=O)Nc2ccc(Cl)cc2C)cc1. The molecule has 122 valence electrons. The Hall–Kier alpha value is -2.20. The summed E-state index contributed by atoms with van der Waals surface area (Å²) in [4.78, 5) is 11.8. The zero-order valence-corrected chi connectivity index (χ0v) is 14.1. The first-order valence-corrected chi connectivity index (χ1v) is 7.99. The van der Waals surface area contributed by atoms with Crippen molar-refractivity contribution in [2.75, 3.05) is 18.5 Å². The molecule has 0 aliphatic carbocycles. The van der Waals surface area contributed by atoms with Crippen LogP contribution in [0.3, 0.4) is 0 Å². The average molecular weight is 333 g/mol. The van der Waals surface area contributed by atoms with Gasteiger partial charge in [0, 0.05) is 10.7 Å². The lowest BCUT2D eigenvalue weighted by molar-refractivity contribution is 0.247. The van der Waals surface area contributed by atoms with Gasteiger partial charge in [-0.25, -0.2) is 4.79 Å². The zero-order chi connectivity index (χ0) is 16.7. The summed E-state index contributed by atoms with van der Waals surface area (Å²) in [6, 6.07) is 13.0. The van der Waals surface area contributed by atoms with Gasteiger partial charge in [0.05, 0.1) is 6.54 Å². The number of nitrogens with one attached hydrogen (secondary N) is 2. The van der Waals surface area contributed by atoms with Crippen LogP contribution in [0.4, 0.5) is 10.5 Å². The van der Waals surface area contributed by atoms with Crippen molar-refractivity contribution in [1.82, 2.24) is 5.32 Å². The lowest BCUT2D eigenvalue weighted by atomic mass is 10.2. The van der Waals surface area contributed by atoms with Crippen molar-refractivity contribution in [2.24, 2.45) is 0 Å². The fourth-order valence-corrected chi connectivity index (χ4v) is 2.32. The molecule has 4 nitrogen and oxygen atoms in total. The zero-order valence-electron chi connectivity index (χ0n) is 13.4. The lowest BCUT2D eigenvalue weighted by Crippen LogP contribution is -2.32. The standard InChI is InChI=1S/C18H21ClN2O2/c1-3-14-4-7-16(8-5-14)23-11-10-20-18(22)21-17-9-6-15(19)12-13(17)2/h4-9,12H,3,10-11H2,1-2H3,(H2,20,21,22). The van der Waals surface area contributed by atoms with Crippen LogP contribution in [0.1, 0.15) is 18.1 Å². The van der Waals surface area contributed by atoms with E-state index in [-0.39, 0.29) is 6.03 Å². The van der Waals surface area contributed by atoms with Crippen LogP contribution in [0.2, 0.25) is 5.02 Å². The van der Waals surface area contributed by atoms with Crippen molar-refractivity contribution >= 4 is 23.3 Å². The average Bonchev–Trinajstić information content (AvgIpc) is 2.55. The number of aryl methyl sites for hydroxylation is 2. The fourth-order valence-electron chi connectivity index (χ4n) is 2.09. The summed E-state index contributed by atoms with van der Waals surface area (Å²) in [7, 11) is 0. The molecule has 0 bridgehead atoms. The van der Waals surface area contributed by atoms with Crippen molar-refractivity contribution in [3.63, 3.8) is 0 Å². The van der Waals surface area contributed by atoms with Crippen LogP contribution in [-0.4, -0.2) is 19.2 Å². The van der Waals surface area contributed by atoms with Gasteiger partial charge >= 0.3 is 6.03 Å². The normalized spacial score (nSPS) is 10.2. The summed E-state index contributed by atoms with van der Waals surface area (Å²) in [5, 5.41) is 6.19. The second-order valence-corrected chi connectivity index (χ2v) is 5.62. The molecule has 0 aliphatic heterocycles. The van der Waals surface area contributed by atoms with Gasteiger partial charge < -0.3 is 15.4 Å². The number of hydrogen-bond acceptors (Lipinski definition) is 2. The Morgan fingerprint density at radius 1 is 1.17 bits per heavy atom. The van der Waals surface area contributed by atoms with Gasteiger partial charge in [0.25, 0.3) is 0 Å². The molecule has 0 saturated carbocycles. The Balaban J connectivity index is 1.72. The van der Waals surface area contributed by atoms with E-state index in [9.17, 15) is 4.79 Å². The van der Waals surface area contributed by atoms with Crippen molar-refractivity contribution in [3.8, 4) is 5.75 Å². The lowest BCUT2D eigenvalue weighted by Gasteiger charge is -2.11. The van der Waals surface area contributed by atoms with Gasteiger partial charge in [-0.2, -0.15) is 0 Å². The maximum atomic E-state index is 11.8. The molecule has 2 amide bonds. The molecule has 0 fully saturated rings. The Bertz CT molecular complexity index is 657. The quantitative estimate of drug-likeness (QED) is 0.770. The predicted octanol–water partition coefficient (Wildman–Crippen LogP) is 4.41. The summed E-state index contributed by atoms with van der Waals surface area (Å²) in [5.41, 5.74) is 2.93. The minimum Gasteiger partial charge on any atom is -0.492 e. The molecule has 5 heteroatoms. The molecule has 0 aliphatic rings. The van der Waals surface area contributed by atoms with Crippen LogP contribution in [0, 0.1) is 6.92 Å². The maximum absolute atomic E-state index is 11.8. The Morgan fingerprint density at radius 3 is 2.57 bits per heavy atom. The number of rotatable bonds is 6. The van der Waals surface area contributed by atoms with Crippen molar-refractivity contribution in [3.05, 3.63) is 58.6 Å². The summed E-state index contributed by atoms with van der Waals surface area (Å²) < 4.78 is 5.59. The molecule has 2 rings (SSSR count). The molecule has 0 heterocycles. The van der Waals surface area contributed by atoms with Gasteiger partial charge in [-0.15, -0.1) is 0 Å².